The number of nitrogens with one attached hydrogen (secondary N) is 1. The van der Waals surface area contributed by atoms with Crippen LogP contribution < -0.4 is 5.32 Å². The molecular formula is C23H41N3O8. The van der Waals surface area contributed by atoms with E-state index in [1.165, 1.54) is 0 Å². The van der Waals surface area contributed by atoms with Crippen molar-refractivity contribution >= 4 is 23.9 Å². The molecule has 1 aliphatic heterocycles. The maximum atomic E-state index is 12.9. The van der Waals surface area contributed by atoms with Crippen LogP contribution in [-0.2, 0) is 38.1 Å². The first-order chi connectivity index (χ1) is 15.9. The quantitative estimate of drug-likeness (QED) is 0.303. The molecule has 0 aliphatic carbocycles. The third-order valence-corrected chi connectivity index (χ3v) is 4.92. The van der Waals surface area contributed by atoms with Crippen molar-refractivity contribution in [1.29, 1.82) is 0 Å². The molecule has 11 nitrogen and oxygen atoms in total. The Morgan fingerprint density at radius 1 is 0.765 bits per heavy atom. The third-order valence-electron chi connectivity index (χ3n) is 4.92. The number of ether oxygens (including phenoxy) is 4. The highest BCUT2D eigenvalue weighted by atomic mass is 16.6. The molecule has 0 saturated carbocycles. The predicted molar refractivity (Wildman–Crippen MR) is 124 cm³/mol. The lowest BCUT2D eigenvalue weighted by Gasteiger charge is -2.38. The molecule has 0 atom stereocenters. The summed E-state index contributed by atoms with van der Waals surface area (Å²) in [5.74, 6) is -1.71. The summed E-state index contributed by atoms with van der Waals surface area (Å²) in [6, 6.07) is 0. The zero-order valence-corrected chi connectivity index (χ0v) is 21.4. The summed E-state index contributed by atoms with van der Waals surface area (Å²) >= 11 is 0. The van der Waals surface area contributed by atoms with Crippen LogP contribution in [0.2, 0.25) is 0 Å². The normalized spacial score (nSPS) is 16.9. The standard InChI is InChI=1S/C23H41N3O8/c1-7-31-19(28)13-24-23(12-18(27)34-22(4,5)6)16-25(14-20(29)32-8-2)10-11-26(17-23)15-21(30)33-9-3/h24H,7-17H2,1-6H3. The van der Waals surface area contributed by atoms with Crippen LogP contribution >= 0.6 is 0 Å². The van der Waals surface area contributed by atoms with Gasteiger partial charge in [0.1, 0.15) is 5.60 Å². The summed E-state index contributed by atoms with van der Waals surface area (Å²) in [4.78, 5) is 53.1. The fraction of sp³-hybridized carbons (Fsp3) is 0.826. The minimum Gasteiger partial charge on any atom is -0.465 e. The Morgan fingerprint density at radius 3 is 1.62 bits per heavy atom. The molecular weight excluding hydrogens is 446 g/mol. The van der Waals surface area contributed by atoms with Gasteiger partial charge in [0.25, 0.3) is 0 Å². The van der Waals surface area contributed by atoms with E-state index in [0.717, 1.165) is 0 Å². The van der Waals surface area contributed by atoms with Gasteiger partial charge in [0.15, 0.2) is 0 Å². The van der Waals surface area contributed by atoms with E-state index >= 15 is 0 Å². The first-order valence-electron chi connectivity index (χ1n) is 11.8. The van der Waals surface area contributed by atoms with Crippen molar-refractivity contribution in [1.82, 2.24) is 15.1 Å². The lowest BCUT2D eigenvalue weighted by atomic mass is 9.93. The summed E-state index contributed by atoms with van der Waals surface area (Å²) < 4.78 is 20.8. The Bertz CT molecular complexity index is 662. The molecule has 1 rings (SSSR count). The highest BCUT2D eigenvalue weighted by Crippen LogP contribution is 2.22. The van der Waals surface area contributed by atoms with Crippen molar-refractivity contribution in [2.24, 2.45) is 0 Å². The second-order valence-corrected chi connectivity index (χ2v) is 9.23. The summed E-state index contributed by atoms with van der Waals surface area (Å²) in [7, 11) is 0. The van der Waals surface area contributed by atoms with Crippen LogP contribution in [0, 0.1) is 0 Å². The maximum Gasteiger partial charge on any atom is 0.320 e. The monoisotopic (exact) mass is 487 g/mol. The van der Waals surface area contributed by atoms with Gasteiger partial charge in [0, 0.05) is 26.2 Å². The summed E-state index contributed by atoms with van der Waals surface area (Å²) in [5.41, 5.74) is -1.69. The van der Waals surface area contributed by atoms with Crippen LogP contribution in [0.1, 0.15) is 48.0 Å². The molecule has 0 aromatic carbocycles. The molecule has 1 N–H and O–H groups in total. The zero-order chi connectivity index (χ0) is 25.8. The second kappa shape index (κ2) is 14.2. The fourth-order valence-electron chi connectivity index (χ4n) is 3.81. The molecule has 0 aromatic heterocycles. The Kier molecular flexibility index (Phi) is 12.5. The lowest BCUT2D eigenvalue weighted by Crippen LogP contribution is -2.60. The van der Waals surface area contributed by atoms with Gasteiger partial charge in [-0.2, -0.15) is 0 Å². The van der Waals surface area contributed by atoms with Crippen molar-refractivity contribution in [2.75, 3.05) is 65.6 Å². The van der Waals surface area contributed by atoms with Crippen LogP contribution in [0.4, 0.5) is 0 Å². The smallest absolute Gasteiger partial charge is 0.320 e. The van der Waals surface area contributed by atoms with Crippen LogP contribution in [0.3, 0.4) is 0 Å². The third kappa shape index (κ3) is 11.8. The van der Waals surface area contributed by atoms with Crippen molar-refractivity contribution in [3.63, 3.8) is 0 Å². The van der Waals surface area contributed by atoms with Gasteiger partial charge < -0.3 is 18.9 Å². The van der Waals surface area contributed by atoms with Gasteiger partial charge >= 0.3 is 23.9 Å². The second-order valence-electron chi connectivity index (χ2n) is 9.23. The first-order valence-corrected chi connectivity index (χ1v) is 11.8. The number of esters is 4. The van der Waals surface area contributed by atoms with Gasteiger partial charge in [-0.25, -0.2) is 0 Å². The van der Waals surface area contributed by atoms with Gasteiger partial charge in [-0.05, 0) is 41.5 Å². The SMILES string of the molecule is CCOC(=O)CNC1(CC(=O)OC(C)(C)C)CN(CC(=O)OCC)CCN(CC(=O)OCC)C1. The molecule has 0 aromatic rings. The van der Waals surface area contributed by atoms with Crippen molar-refractivity contribution < 1.29 is 38.1 Å². The average molecular weight is 488 g/mol. The van der Waals surface area contributed by atoms with Crippen LogP contribution in [0.25, 0.3) is 0 Å². The highest BCUT2D eigenvalue weighted by Gasteiger charge is 2.41. The Labute approximate surface area is 202 Å². The molecule has 0 radical (unpaired) electrons. The molecule has 196 valence electrons. The number of carbonyl (C=O) groups excluding carboxylic acids is 4. The molecule has 11 heteroatoms. The average Bonchev–Trinajstić information content (AvgIpc) is 2.85. The van der Waals surface area contributed by atoms with E-state index in [2.05, 4.69) is 5.32 Å². The Balaban J connectivity index is 3.23. The molecule has 0 unspecified atom stereocenters. The predicted octanol–water partition coefficient (Wildman–Crippen LogP) is 0.354. The topological polar surface area (TPSA) is 124 Å². The molecule has 0 bridgehead atoms. The number of hydrogen-bond acceptors (Lipinski definition) is 11. The van der Waals surface area contributed by atoms with Gasteiger partial charge in [-0.3, -0.25) is 34.3 Å². The van der Waals surface area contributed by atoms with Gasteiger partial charge in [-0.15, -0.1) is 0 Å². The Hall–Kier alpha value is -2.24. The largest absolute Gasteiger partial charge is 0.465 e. The lowest BCUT2D eigenvalue weighted by molar-refractivity contribution is -0.157. The van der Waals surface area contributed by atoms with Crippen molar-refractivity contribution in [2.45, 2.75) is 59.1 Å². The molecule has 1 fully saturated rings. The number of carbonyl (C=O) groups is 4. The maximum absolute atomic E-state index is 12.9. The van der Waals surface area contributed by atoms with Crippen molar-refractivity contribution in [3.05, 3.63) is 0 Å². The van der Waals surface area contributed by atoms with Gasteiger partial charge in [-0.1, -0.05) is 0 Å². The molecule has 34 heavy (non-hydrogen) atoms. The van der Waals surface area contributed by atoms with E-state index < -0.39 is 35.0 Å². The van der Waals surface area contributed by atoms with Crippen LogP contribution in [0.15, 0.2) is 0 Å². The zero-order valence-electron chi connectivity index (χ0n) is 21.4. The molecule has 1 saturated heterocycles. The van der Waals surface area contributed by atoms with E-state index in [0.29, 0.717) is 13.1 Å². The van der Waals surface area contributed by atoms with Crippen LogP contribution in [-0.4, -0.2) is 110 Å². The molecule has 0 spiro atoms. The summed E-state index contributed by atoms with van der Waals surface area (Å²) in [5, 5.41) is 3.18. The summed E-state index contributed by atoms with van der Waals surface area (Å²) in [6.07, 6.45) is -0.0810. The molecule has 0 amide bonds. The molecule has 1 aliphatic rings. The van der Waals surface area contributed by atoms with E-state index in [4.69, 9.17) is 18.9 Å². The number of nitrogens with zero attached hydrogens (tertiary/aromatic N) is 2. The van der Waals surface area contributed by atoms with E-state index in [1.807, 2.05) is 9.80 Å². The fourth-order valence-corrected chi connectivity index (χ4v) is 3.81. The van der Waals surface area contributed by atoms with Gasteiger partial charge in [0.05, 0.1) is 51.4 Å². The highest BCUT2D eigenvalue weighted by molar-refractivity contribution is 5.74. The van der Waals surface area contributed by atoms with E-state index in [1.54, 1.807) is 41.5 Å². The minimum absolute atomic E-state index is 0.0121. The number of rotatable bonds is 12. The van der Waals surface area contributed by atoms with E-state index in [9.17, 15) is 19.2 Å². The number of hydrogen-bond donors (Lipinski definition) is 1. The van der Waals surface area contributed by atoms with Gasteiger partial charge in [0.2, 0.25) is 0 Å². The van der Waals surface area contributed by atoms with E-state index in [-0.39, 0.29) is 59.0 Å². The summed E-state index contributed by atoms with van der Waals surface area (Å²) in [6.45, 7) is 12.5. The van der Waals surface area contributed by atoms with Crippen LogP contribution in [0.5, 0.6) is 0 Å². The first kappa shape index (κ1) is 29.8. The van der Waals surface area contributed by atoms with Crippen molar-refractivity contribution in [3.8, 4) is 0 Å². The minimum atomic E-state index is -0.995. The Morgan fingerprint density at radius 2 is 1.21 bits per heavy atom. The molecule has 1 heterocycles.